The first-order valence-corrected chi connectivity index (χ1v) is 9.61. The molecule has 3 rings (SSSR count). The molecule has 0 bridgehead atoms. The number of carbonyl (C=O) groups excluding carboxylic acids is 1. The van der Waals surface area contributed by atoms with Gasteiger partial charge < -0.3 is 4.90 Å². The number of piperazine rings is 1. The normalized spacial score (nSPS) is 19.9. The van der Waals surface area contributed by atoms with Crippen molar-refractivity contribution in [3.8, 4) is 0 Å². The SMILES string of the molecule is Cc1cc(C)c(S(=O)(=O)N2CCN(C(=O)C3CC3)CC2)c(C)c1. The summed E-state index contributed by atoms with van der Waals surface area (Å²) >= 11 is 0. The Hall–Kier alpha value is -1.40. The summed E-state index contributed by atoms with van der Waals surface area (Å²) in [7, 11) is -3.50. The summed E-state index contributed by atoms with van der Waals surface area (Å²) in [5, 5.41) is 0. The minimum Gasteiger partial charge on any atom is -0.340 e. The molecule has 2 fully saturated rings. The molecule has 0 spiro atoms. The molecule has 1 saturated carbocycles. The van der Waals surface area contributed by atoms with Crippen LogP contribution in [0.25, 0.3) is 0 Å². The van der Waals surface area contributed by atoms with E-state index in [4.69, 9.17) is 0 Å². The van der Waals surface area contributed by atoms with Crippen LogP contribution < -0.4 is 0 Å². The molecule has 0 aromatic heterocycles. The lowest BCUT2D eigenvalue weighted by atomic mass is 10.1. The quantitative estimate of drug-likeness (QED) is 0.846. The van der Waals surface area contributed by atoms with Crippen molar-refractivity contribution in [3.05, 3.63) is 28.8 Å². The molecule has 0 atom stereocenters. The number of hydrogen-bond donors (Lipinski definition) is 0. The summed E-state index contributed by atoms with van der Waals surface area (Å²) in [5.41, 5.74) is 2.65. The second kappa shape index (κ2) is 5.91. The largest absolute Gasteiger partial charge is 0.340 e. The summed E-state index contributed by atoms with van der Waals surface area (Å²) in [4.78, 5) is 14.3. The zero-order chi connectivity index (χ0) is 16.8. The fraction of sp³-hybridized carbons (Fsp3) is 0.588. The highest BCUT2D eigenvalue weighted by Gasteiger charge is 2.37. The fourth-order valence-corrected chi connectivity index (χ4v) is 5.27. The van der Waals surface area contributed by atoms with Gasteiger partial charge in [0.2, 0.25) is 15.9 Å². The van der Waals surface area contributed by atoms with Gasteiger partial charge in [0.15, 0.2) is 0 Å². The highest BCUT2D eigenvalue weighted by molar-refractivity contribution is 7.89. The van der Waals surface area contributed by atoms with Crippen LogP contribution in [0.4, 0.5) is 0 Å². The molecular weight excluding hydrogens is 312 g/mol. The van der Waals surface area contributed by atoms with E-state index in [1.54, 1.807) is 0 Å². The van der Waals surface area contributed by atoms with Crippen molar-refractivity contribution >= 4 is 15.9 Å². The van der Waals surface area contributed by atoms with Gasteiger partial charge in [-0.3, -0.25) is 4.79 Å². The molecule has 0 unspecified atom stereocenters. The standard InChI is InChI=1S/C17H24N2O3S/c1-12-10-13(2)16(14(3)11-12)23(21,22)19-8-6-18(7-9-19)17(20)15-4-5-15/h10-11,15H,4-9H2,1-3H3. The second-order valence-corrected chi connectivity index (χ2v) is 8.61. The smallest absolute Gasteiger partial charge is 0.243 e. The van der Waals surface area contributed by atoms with Gasteiger partial charge in [-0.05, 0) is 44.7 Å². The Labute approximate surface area is 138 Å². The first-order valence-electron chi connectivity index (χ1n) is 8.17. The van der Waals surface area contributed by atoms with Gasteiger partial charge in [0.05, 0.1) is 4.90 Å². The summed E-state index contributed by atoms with van der Waals surface area (Å²) < 4.78 is 27.5. The van der Waals surface area contributed by atoms with Gasteiger partial charge in [-0.1, -0.05) is 17.7 Å². The third-order valence-corrected chi connectivity index (χ3v) is 6.88. The van der Waals surface area contributed by atoms with Crippen LogP contribution in [0.15, 0.2) is 17.0 Å². The van der Waals surface area contributed by atoms with Gasteiger partial charge in [0.1, 0.15) is 0 Å². The minimum atomic E-state index is -3.50. The van der Waals surface area contributed by atoms with E-state index >= 15 is 0 Å². The molecule has 1 aliphatic heterocycles. The molecule has 6 heteroatoms. The van der Waals surface area contributed by atoms with Gasteiger partial charge in [-0.25, -0.2) is 8.42 Å². The second-order valence-electron chi connectivity index (χ2n) is 6.73. The maximum atomic E-state index is 13.0. The lowest BCUT2D eigenvalue weighted by Crippen LogP contribution is -2.51. The number of aryl methyl sites for hydroxylation is 3. The Morgan fingerprint density at radius 2 is 1.52 bits per heavy atom. The first-order chi connectivity index (χ1) is 10.8. The first kappa shape index (κ1) is 16.5. The summed E-state index contributed by atoms with van der Waals surface area (Å²) in [5.74, 6) is 0.393. The van der Waals surface area contributed by atoms with E-state index in [2.05, 4.69) is 0 Å². The predicted octanol–water partition coefficient (Wildman–Crippen LogP) is 1.85. The van der Waals surface area contributed by atoms with Gasteiger partial charge >= 0.3 is 0 Å². The fourth-order valence-electron chi connectivity index (χ4n) is 3.44. The molecule has 1 aliphatic carbocycles. The topological polar surface area (TPSA) is 57.7 Å². The van der Waals surface area contributed by atoms with E-state index in [-0.39, 0.29) is 11.8 Å². The van der Waals surface area contributed by atoms with Crippen LogP contribution in [0.5, 0.6) is 0 Å². The summed E-state index contributed by atoms with van der Waals surface area (Å²) in [6, 6.07) is 3.82. The summed E-state index contributed by atoms with van der Waals surface area (Å²) in [6.45, 7) is 7.43. The predicted molar refractivity (Wildman–Crippen MR) is 88.7 cm³/mol. The maximum absolute atomic E-state index is 13.0. The zero-order valence-electron chi connectivity index (χ0n) is 14.0. The van der Waals surface area contributed by atoms with Crippen LogP contribution in [-0.2, 0) is 14.8 Å². The van der Waals surface area contributed by atoms with Gasteiger partial charge in [0, 0.05) is 32.1 Å². The Kier molecular flexibility index (Phi) is 4.23. The van der Waals surface area contributed by atoms with Crippen molar-refractivity contribution in [1.82, 2.24) is 9.21 Å². The Bertz CT molecular complexity index is 707. The van der Waals surface area contributed by atoms with E-state index in [1.165, 1.54) is 4.31 Å². The molecule has 2 aliphatic rings. The molecule has 1 amide bonds. The molecular formula is C17H24N2O3S. The third-order valence-electron chi connectivity index (χ3n) is 4.68. The van der Waals surface area contributed by atoms with Crippen molar-refractivity contribution in [2.75, 3.05) is 26.2 Å². The number of benzene rings is 1. The van der Waals surface area contributed by atoms with Gasteiger partial charge in [-0.15, -0.1) is 0 Å². The van der Waals surface area contributed by atoms with Crippen molar-refractivity contribution < 1.29 is 13.2 Å². The van der Waals surface area contributed by atoms with E-state index < -0.39 is 10.0 Å². The van der Waals surface area contributed by atoms with Gasteiger partial charge in [-0.2, -0.15) is 4.31 Å². The van der Waals surface area contributed by atoms with E-state index in [0.717, 1.165) is 29.5 Å². The van der Waals surface area contributed by atoms with Gasteiger partial charge in [0.25, 0.3) is 0 Å². The summed E-state index contributed by atoms with van der Waals surface area (Å²) in [6.07, 6.45) is 1.97. The van der Waals surface area contributed by atoms with Crippen molar-refractivity contribution in [2.24, 2.45) is 5.92 Å². The molecule has 1 saturated heterocycles. The Morgan fingerprint density at radius 3 is 2.00 bits per heavy atom. The number of rotatable bonds is 3. The Morgan fingerprint density at radius 1 is 1.00 bits per heavy atom. The zero-order valence-corrected chi connectivity index (χ0v) is 14.8. The lowest BCUT2D eigenvalue weighted by molar-refractivity contribution is -0.133. The maximum Gasteiger partial charge on any atom is 0.243 e. The molecule has 0 N–H and O–H groups in total. The average molecular weight is 336 g/mol. The number of carbonyl (C=O) groups is 1. The molecule has 5 nitrogen and oxygen atoms in total. The van der Waals surface area contributed by atoms with Crippen LogP contribution in [0.2, 0.25) is 0 Å². The Balaban J connectivity index is 1.78. The highest BCUT2D eigenvalue weighted by atomic mass is 32.2. The highest BCUT2D eigenvalue weighted by Crippen LogP contribution is 2.32. The number of sulfonamides is 1. The number of hydrogen-bond acceptors (Lipinski definition) is 3. The van der Waals surface area contributed by atoms with Crippen LogP contribution in [-0.4, -0.2) is 49.7 Å². The molecule has 1 heterocycles. The van der Waals surface area contributed by atoms with E-state index in [0.29, 0.717) is 31.1 Å². The molecule has 23 heavy (non-hydrogen) atoms. The number of amides is 1. The van der Waals surface area contributed by atoms with E-state index in [9.17, 15) is 13.2 Å². The minimum absolute atomic E-state index is 0.194. The van der Waals surface area contributed by atoms with E-state index in [1.807, 2.05) is 37.8 Å². The molecule has 1 aromatic rings. The van der Waals surface area contributed by atoms with Crippen molar-refractivity contribution in [1.29, 1.82) is 0 Å². The van der Waals surface area contributed by atoms with Crippen LogP contribution in [0.1, 0.15) is 29.5 Å². The van der Waals surface area contributed by atoms with Crippen molar-refractivity contribution in [3.63, 3.8) is 0 Å². The van der Waals surface area contributed by atoms with Crippen LogP contribution >= 0.6 is 0 Å². The number of nitrogens with zero attached hydrogens (tertiary/aromatic N) is 2. The molecule has 126 valence electrons. The molecule has 0 radical (unpaired) electrons. The monoisotopic (exact) mass is 336 g/mol. The van der Waals surface area contributed by atoms with Crippen molar-refractivity contribution in [2.45, 2.75) is 38.5 Å². The van der Waals surface area contributed by atoms with Crippen LogP contribution in [0, 0.1) is 26.7 Å². The average Bonchev–Trinajstić information content (AvgIpc) is 3.29. The lowest BCUT2D eigenvalue weighted by Gasteiger charge is -2.34. The van der Waals surface area contributed by atoms with Crippen LogP contribution in [0.3, 0.4) is 0 Å². The third kappa shape index (κ3) is 3.15. The molecule has 1 aromatic carbocycles.